The zero-order valence-electron chi connectivity index (χ0n) is 14.8. The number of oxime groups is 1. The van der Waals surface area contributed by atoms with Gasteiger partial charge in [0.1, 0.15) is 6.21 Å². The fourth-order valence-electron chi connectivity index (χ4n) is 2.68. The second kappa shape index (κ2) is 9.35. The molecule has 0 bridgehead atoms. The molecular weight excluding hydrogens is 342 g/mol. The minimum absolute atomic E-state index is 0.0643. The highest BCUT2D eigenvalue weighted by atomic mass is 16.5. The minimum Gasteiger partial charge on any atom is -0.411 e. The summed E-state index contributed by atoms with van der Waals surface area (Å²) in [6, 6.07) is 18.9. The number of hydrogen-bond acceptors (Lipinski definition) is 4. The first-order chi connectivity index (χ1) is 13.3. The minimum atomic E-state index is 0.0643. The van der Waals surface area contributed by atoms with Gasteiger partial charge in [-0.25, -0.2) is 0 Å². The number of nitrogens with zero attached hydrogens (tertiary/aromatic N) is 3. The number of benzene rings is 1. The molecule has 3 rings (SSSR count). The molecule has 3 aromatic rings. The van der Waals surface area contributed by atoms with Crippen LogP contribution in [-0.2, 0) is 24.6 Å². The molecule has 2 heterocycles. The molecule has 0 spiro atoms. The summed E-state index contributed by atoms with van der Waals surface area (Å²) in [5.74, 6) is 0.0643. The van der Waals surface area contributed by atoms with E-state index in [2.05, 4.69) is 5.16 Å². The number of ketones is 1. The summed E-state index contributed by atoms with van der Waals surface area (Å²) in [4.78, 5) is 12.5. The van der Waals surface area contributed by atoms with Gasteiger partial charge >= 0.3 is 0 Å². The van der Waals surface area contributed by atoms with Gasteiger partial charge in [-0.05, 0) is 17.7 Å². The standard InChI is InChI=1S/C21H20N3O3/c25-21(13-18-7-2-1-3-8-18)19-9-6-11-23(15-19)16-27-17-24-12-5-4-10-20(24)14-22-26/h1-12,14-15H,13,16-17H2/q+1/p+1. The smallest absolute Gasteiger partial charge is 0.258 e. The lowest BCUT2D eigenvalue weighted by atomic mass is 10.0. The van der Waals surface area contributed by atoms with Crippen molar-refractivity contribution < 1.29 is 23.9 Å². The van der Waals surface area contributed by atoms with Crippen LogP contribution in [0.4, 0.5) is 0 Å². The molecule has 0 saturated heterocycles. The van der Waals surface area contributed by atoms with Crippen molar-refractivity contribution in [1.82, 2.24) is 0 Å². The average Bonchev–Trinajstić information content (AvgIpc) is 2.70. The molecule has 0 aliphatic carbocycles. The van der Waals surface area contributed by atoms with E-state index in [0.717, 1.165) is 11.3 Å². The molecule has 0 radical (unpaired) electrons. The van der Waals surface area contributed by atoms with Crippen LogP contribution in [0.3, 0.4) is 0 Å². The van der Waals surface area contributed by atoms with Gasteiger partial charge in [-0.3, -0.25) is 9.53 Å². The van der Waals surface area contributed by atoms with E-state index in [9.17, 15) is 4.79 Å². The number of ether oxygens (including phenoxy) is 1. The van der Waals surface area contributed by atoms with Crippen LogP contribution in [0.5, 0.6) is 0 Å². The second-order valence-corrected chi connectivity index (χ2v) is 5.99. The molecule has 27 heavy (non-hydrogen) atoms. The number of Topliss-reactive ketones (excluding diaryl/α,β-unsaturated/α-hetero) is 1. The molecule has 6 heteroatoms. The third-order valence-corrected chi connectivity index (χ3v) is 4.02. The van der Waals surface area contributed by atoms with E-state index in [-0.39, 0.29) is 12.5 Å². The van der Waals surface area contributed by atoms with Gasteiger partial charge in [0.25, 0.3) is 13.5 Å². The van der Waals surface area contributed by atoms with Gasteiger partial charge < -0.3 is 5.21 Å². The Labute approximate surface area is 157 Å². The maximum absolute atomic E-state index is 12.5. The van der Waals surface area contributed by atoms with Crippen molar-refractivity contribution >= 4 is 12.0 Å². The van der Waals surface area contributed by atoms with E-state index < -0.39 is 0 Å². The van der Waals surface area contributed by atoms with E-state index in [1.165, 1.54) is 6.21 Å². The molecule has 136 valence electrons. The Bertz CT molecular complexity index is 927. The first kappa shape index (κ1) is 18.4. The third kappa shape index (κ3) is 5.29. The predicted molar refractivity (Wildman–Crippen MR) is 98.2 cm³/mol. The van der Waals surface area contributed by atoms with Crippen molar-refractivity contribution in [2.45, 2.75) is 19.9 Å². The fraction of sp³-hybridized carbons (Fsp3) is 0.143. The summed E-state index contributed by atoms with van der Waals surface area (Å²) in [6.45, 7) is 0.585. The molecule has 0 aliphatic heterocycles. The lowest BCUT2D eigenvalue weighted by molar-refractivity contribution is -0.788. The highest BCUT2D eigenvalue weighted by molar-refractivity contribution is 5.96. The van der Waals surface area contributed by atoms with Crippen LogP contribution in [0.15, 0.2) is 84.4 Å². The first-order valence-corrected chi connectivity index (χ1v) is 8.56. The monoisotopic (exact) mass is 363 g/mol. The van der Waals surface area contributed by atoms with Crippen LogP contribution in [0.1, 0.15) is 21.6 Å². The molecule has 6 nitrogen and oxygen atoms in total. The third-order valence-electron chi connectivity index (χ3n) is 4.02. The van der Waals surface area contributed by atoms with Gasteiger partial charge in [0.2, 0.25) is 5.69 Å². The maximum Gasteiger partial charge on any atom is 0.258 e. The number of aromatic nitrogens is 2. The van der Waals surface area contributed by atoms with Crippen LogP contribution >= 0.6 is 0 Å². The van der Waals surface area contributed by atoms with Gasteiger partial charge in [0, 0.05) is 24.6 Å². The van der Waals surface area contributed by atoms with E-state index in [1.54, 1.807) is 6.20 Å². The zero-order chi connectivity index (χ0) is 18.9. The summed E-state index contributed by atoms with van der Waals surface area (Å²) >= 11 is 0. The van der Waals surface area contributed by atoms with Gasteiger partial charge in [-0.2, -0.15) is 9.13 Å². The molecular formula is C21H21N3O3+2. The molecule has 0 fully saturated rings. The van der Waals surface area contributed by atoms with Gasteiger partial charge in [0.15, 0.2) is 24.4 Å². The number of carbonyl (C=O) groups excluding carboxylic acids is 1. The lowest BCUT2D eigenvalue weighted by Crippen LogP contribution is -2.43. The van der Waals surface area contributed by atoms with E-state index in [4.69, 9.17) is 9.94 Å². The summed E-state index contributed by atoms with van der Waals surface area (Å²) in [6.07, 6.45) is 7.19. The molecule has 1 aromatic carbocycles. The first-order valence-electron chi connectivity index (χ1n) is 8.56. The molecule has 0 amide bonds. The van der Waals surface area contributed by atoms with Crippen molar-refractivity contribution in [3.63, 3.8) is 0 Å². The average molecular weight is 363 g/mol. The van der Waals surface area contributed by atoms with Crippen molar-refractivity contribution in [2.75, 3.05) is 0 Å². The Hall–Kier alpha value is -3.38. The van der Waals surface area contributed by atoms with E-state index >= 15 is 0 Å². The number of carbonyl (C=O) groups is 1. The van der Waals surface area contributed by atoms with Crippen molar-refractivity contribution in [3.05, 3.63) is 96.1 Å². The van der Waals surface area contributed by atoms with Crippen LogP contribution in [0, 0.1) is 0 Å². The van der Waals surface area contributed by atoms with Gasteiger partial charge in [-0.1, -0.05) is 35.5 Å². The van der Waals surface area contributed by atoms with Crippen LogP contribution in [-0.4, -0.2) is 17.2 Å². The fourth-order valence-corrected chi connectivity index (χ4v) is 2.68. The Morgan fingerprint density at radius 3 is 2.63 bits per heavy atom. The topological polar surface area (TPSA) is 66.7 Å². The normalized spacial score (nSPS) is 11.0. The number of hydrogen-bond donors (Lipinski definition) is 1. The van der Waals surface area contributed by atoms with Gasteiger partial charge in [0.05, 0.1) is 5.56 Å². The lowest BCUT2D eigenvalue weighted by Gasteiger charge is -2.03. The van der Waals surface area contributed by atoms with Crippen LogP contribution in [0.25, 0.3) is 0 Å². The zero-order valence-corrected chi connectivity index (χ0v) is 14.8. The summed E-state index contributed by atoms with van der Waals surface area (Å²) in [5.41, 5.74) is 2.36. The summed E-state index contributed by atoms with van der Waals surface area (Å²) in [7, 11) is 0. The Balaban J connectivity index is 1.60. The van der Waals surface area contributed by atoms with Crippen LogP contribution in [0.2, 0.25) is 0 Å². The molecule has 0 saturated carbocycles. The van der Waals surface area contributed by atoms with Crippen molar-refractivity contribution in [2.24, 2.45) is 5.16 Å². The second-order valence-electron chi connectivity index (χ2n) is 5.99. The maximum atomic E-state index is 12.5. The number of pyridine rings is 2. The molecule has 0 atom stereocenters. The van der Waals surface area contributed by atoms with Crippen LogP contribution < -0.4 is 9.13 Å². The predicted octanol–water partition coefficient (Wildman–Crippen LogP) is 2.13. The van der Waals surface area contributed by atoms with E-state index in [0.29, 0.717) is 18.7 Å². The highest BCUT2D eigenvalue weighted by Gasteiger charge is 2.13. The Morgan fingerprint density at radius 1 is 1.00 bits per heavy atom. The molecule has 1 N–H and O–H groups in total. The van der Waals surface area contributed by atoms with Gasteiger partial charge in [-0.15, -0.1) is 0 Å². The molecule has 0 unspecified atom stereocenters. The Kier molecular flexibility index (Phi) is 6.38. The quantitative estimate of drug-likeness (QED) is 0.219. The van der Waals surface area contributed by atoms with E-state index in [1.807, 2.05) is 82.2 Å². The van der Waals surface area contributed by atoms with Crippen molar-refractivity contribution in [1.29, 1.82) is 0 Å². The largest absolute Gasteiger partial charge is 0.411 e. The molecule has 0 aliphatic rings. The highest BCUT2D eigenvalue weighted by Crippen LogP contribution is 2.05. The SMILES string of the molecule is O=C(Cc1ccccc1)c1ccc[n+](COC[n+]2ccccc2/C=N/O)c1. The van der Waals surface area contributed by atoms with Crippen molar-refractivity contribution in [3.8, 4) is 0 Å². The number of rotatable bonds is 8. The summed E-state index contributed by atoms with van der Waals surface area (Å²) in [5, 5.41) is 11.8. The summed E-state index contributed by atoms with van der Waals surface area (Å²) < 4.78 is 9.35. The Morgan fingerprint density at radius 2 is 1.81 bits per heavy atom. The molecule has 2 aromatic heterocycles.